The fraction of sp³-hybridized carbons (Fsp3) is 0.467. The van der Waals surface area contributed by atoms with Crippen LogP contribution >= 0.6 is 23.2 Å². The van der Waals surface area contributed by atoms with E-state index < -0.39 is 0 Å². The van der Waals surface area contributed by atoms with Crippen LogP contribution in [0, 0.1) is 5.92 Å². The van der Waals surface area contributed by atoms with Crippen LogP contribution in [-0.2, 0) is 6.54 Å². The summed E-state index contributed by atoms with van der Waals surface area (Å²) >= 11 is 11.9. The lowest BCUT2D eigenvalue weighted by molar-refractivity contribution is 0.347. The number of halogens is 2. The zero-order chi connectivity index (χ0) is 14.3. The van der Waals surface area contributed by atoms with Gasteiger partial charge in [-0.3, -0.25) is 0 Å². The van der Waals surface area contributed by atoms with Gasteiger partial charge in [0, 0.05) is 22.7 Å². The summed E-state index contributed by atoms with van der Waals surface area (Å²) in [7, 11) is 0. The van der Waals surface area contributed by atoms with Crippen LogP contribution in [0.25, 0.3) is 0 Å². The molecule has 0 unspecified atom stereocenters. The van der Waals surface area contributed by atoms with E-state index in [-0.39, 0.29) is 0 Å². The molecule has 0 spiro atoms. The summed E-state index contributed by atoms with van der Waals surface area (Å²) in [4.78, 5) is 0. The van der Waals surface area contributed by atoms with Crippen molar-refractivity contribution in [2.45, 2.75) is 27.3 Å². The molecule has 0 saturated heterocycles. The van der Waals surface area contributed by atoms with Gasteiger partial charge < -0.3 is 10.1 Å². The predicted molar refractivity (Wildman–Crippen MR) is 83.1 cm³/mol. The Hall–Kier alpha value is -0.700. The van der Waals surface area contributed by atoms with E-state index in [0.29, 0.717) is 19.1 Å². The van der Waals surface area contributed by atoms with Gasteiger partial charge >= 0.3 is 0 Å². The van der Waals surface area contributed by atoms with E-state index in [1.54, 1.807) is 0 Å². The lowest BCUT2D eigenvalue weighted by atomic mass is 10.1. The molecule has 0 aliphatic carbocycles. The first-order valence-corrected chi connectivity index (χ1v) is 7.22. The van der Waals surface area contributed by atoms with E-state index in [2.05, 4.69) is 19.2 Å². The molecule has 1 aromatic rings. The highest BCUT2D eigenvalue weighted by Gasteiger charge is 2.08. The Bertz CT molecular complexity index is 430. The third kappa shape index (κ3) is 5.85. The highest BCUT2D eigenvalue weighted by Crippen LogP contribution is 2.26. The normalized spacial score (nSPS) is 12.0. The van der Waals surface area contributed by atoms with Crippen LogP contribution < -0.4 is 10.1 Å². The van der Waals surface area contributed by atoms with Crippen molar-refractivity contribution < 1.29 is 4.74 Å². The fourth-order valence-corrected chi connectivity index (χ4v) is 1.85. The van der Waals surface area contributed by atoms with Crippen molar-refractivity contribution in [1.82, 2.24) is 5.32 Å². The molecule has 4 heteroatoms. The maximum Gasteiger partial charge on any atom is 0.125 e. The van der Waals surface area contributed by atoms with E-state index in [1.165, 1.54) is 5.54 Å². The minimum absolute atomic E-state index is 0.473. The zero-order valence-electron chi connectivity index (χ0n) is 11.7. The van der Waals surface area contributed by atoms with Crippen molar-refractivity contribution in [3.63, 3.8) is 0 Å². The Morgan fingerprint density at radius 1 is 1.42 bits per heavy atom. The van der Waals surface area contributed by atoms with Crippen molar-refractivity contribution in [1.29, 1.82) is 0 Å². The fourth-order valence-electron chi connectivity index (χ4n) is 1.55. The molecule has 1 rings (SSSR count). The summed E-state index contributed by atoms with van der Waals surface area (Å²) in [5, 5.41) is 4.10. The van der Waals surface area contributed by atoms with Gasteiger partial charge in [0.25, 0.3) is 0 Å². The van der Waals surface area contributed by atoms with E-state index >= 15 is 0 Å². The van der Waals surface area contributed by atoms with Gasteiger partial charge in [0.2, 0.25) is 0 Å². The summed E-state index contributed by atoms with van der Waals surface area (Å²) in [6.45, 7) is 8.40. The molecule has 0 saturated carbocycles. The molecule has 0 aliphatic rings. The Balaban J connectivity index is 2.71. The second-order valence-corrected chi connectivity index (χ2v) is 5.61. The van der Waals surface area contributed by atoms with Crippen LogP contribution in [-0.4, -0.2) is 13.2 Å². The number of nitrogens with one attached hydrogen (secondary N) is 1. The van der Waals surface area contributed by atoms with E-state index in [1.807, 2.05) is 25.1 Å². The van der Waals surface area contributed by atoms with E-state index in [4.69, 9.17) is 27.9 Å². The lowest BCUT2D eigenvalue weighted by Gasteiger charge is -2.14. The predicted octanol–water partition coefficient (Wildman–Crippen LogP) is 4.61. The SMILES string of the molecule is C/C(=C\Cl)COc1cccc(Cl)c1CNCC(C)C. The number of hydrogen-bond donors (Lipinski definition) is 1. The largest absolute Gasteiger partial charge is 0.489 e. The zero-order valence-corrected chi connectivity index (χ0v) is 13.2. The molecular formula is C15H21Cl2NO. The van der Waals surface area contributed by atoms with Crippen LogP contribution in [0.1, 0.15) is 26.3 Å². The molecule has 1 N–H and O–H groups in total. The molecule has 19 heavy (non-hydrogen) atoms. The molecule has 0 atom stereocenters. The van der Waals surface area contributed by atoms with Crippen molar-refractivity contribution in [3.8, 4) is 5.75 Å². The van der Waals surface area contributed by atoms with Crippen LogP contribution in [0.15, 0.2) is 29.3 Å². The molecule has 2 nitrogen and oxygen atoms in total. The van der Waals surface area contributed by atoms with Gasteiger partial charge in [-0.15, -0.1) is 0 Å². The maximum absolute atomic E-state index is 6.23. The first-order chi connectivity index (χ1) is 9.04. The standard InChI is InChI=1S/C15H21Cl2NO/c1-11(2)8-18-9-13-14(17)5-4-6-15(13)19-10-12(3)7-16/h4-7,11,18H,8-10H2,1-3H3/b12-7+. The minimum atomic E-state index is 0.473. The number of hydrogen-bond acceptors (Lipinski definition) is 2. The maximum atomic E-state index is 6.23. The molecular weight excluding hydrogens is 281 g/mol. The summed E-state index contributed by atoms with van der Waals surface area (Å²) in [6.07, 6.45) is 0. The summed E-state index contributed by atoms with van der Waals surface area (Å²) in [6, 6.07) is 5.70. The molecule has 0 fully saturated rings. The third-order valence-corrected chi connectivity index (χ3v) is 3.30. The molecule has 0 radical (unpaired) electrons. The Morgan fingerprint density at radius 3 is 2.79 bits per heavy atom. The quantitative estimate of drug-likeness (QED) is 0.794. The average Bonchev–Trinajstić information content (AvgIpc) is 2.38. The minimum Gasteiger partial charge on any atom is -0.489 e. The second kappa shape index (κ2) is 8.47. The van der Waals surface area contributed by atoms with Gasteiger partial charge in [-0.1, -0.05) is 43.1 Å². The van der Waals surface area contributed by atoms with Crippen LogP contribution in [0.5, 0.6) is 5.75 Å². The van der Waals surface area contributed by atoms with Crippen molar-refractivity contribution >= 4 is 23.2 Å². The summed E-state index contributed by atoms with van der Waals surface area (Å²) in [5.41, 5.74) is 3.50. The summed E-state index contributed by atoms with van der Waals surface area (Å²) in [5.74, 6) is 1.41. The van der Waals surface area contributed by atoms with Gasteiger partial charge in [-0.2, -0.15) is 0 Å². The Kier molecular flexibility index (Phi) is 7.29. The third-order valence-electron chi connectivity index (χ3n) is 2.57. The average molecular weight is 302 g/mol. The molecule has 0 amide bonds. The first kappa shape index (κ1) is 16.4. The number of ether oxygens (including phenoxy) is 1. The second-order valence-electron chi connectivity index (χ2n) is 4.99. The Labute approximate surface area is 125 Å². The van der Waals surface area contributed by atoms with E-state index in [9.17, 15) is 0 Å². The van der Waals surface area contributed by atoms with Gasteiger partial charge in [0.15, 0.2) is 0 Å². The van der Waals surface area contributed by atoms with Gasteiger partial charge in [0.05, 0.1) is 0 Å². The van der Waals surface area contributed by atoms with Crippen LogP contribution in [0.2, 0.25) is 5.02 Å². The molecule has 0 bridgehead atoms. The van der Waals surface area contributed by atoms with Crippen LogP contribution in [0.3, 0.4) is 0 Å². The smallest absolute Gasteiger partial charge is 0.125 e. The molecule has 0 aliphatic heterocycles. The topological polar surface area (TPSA) is 21.3 Å². The number of benzene rings is 1. The first-order valence-electron chi connectivity index (χ1n) is 6.41. The van der Waals surface area contributed by atoms with Gasteiger partial charge in [0.1, 0.15) is 12.4 Å². The lowest BCUT2D eigenvalue weighted by Crippen LogP contribution is -2.19. The number of rotatable bonds is 7. The summed E-state index contributed by atoms with van der Waals surface area (Å²) < 4.78 is 5.75. The Morgan fingerprint density at radius 2 is 2.16 bits per heavy atom. The van der Waals surface area contributed by atoms with Gasteiger partial charge in [-0.25, -0.2) is 0 Å². The van der Waals surface area contributed by atoms with Crippen molar-refractivity contribution in [2.75, 3.05) is 13.2 Å². The van der Waals surface area contributed by atoms with Crippen molar-refractivity contribution in [2.24, 2.45) is 5.92 Å². The van der Waals surface area contributed by atoms with Crippen LogP contribution in [0.4, 0.5) is 0 Å². The molecule has 1 aromatic carbocycles. The van der Waals surface area contributed by atoms with E-state index in [0.717, 1.165) is 28.5 Å². The molecule has 106 valence electrons. The van der Waals surface area contributed by atoms with Crippen molar-refractivity contribution in [3.05, 3.63) is 39.9 Å². The highest BCUT2D eigenvalue weighted by molar-refractivity contribution is 6.31. The monoisotopic (exact) mass is 301 g/mol. The van der Waals surface area contributed by atoms with Gasteiger partial charge in [-0.05, 0) is 37.1 Å². The highest BCUT2D eigenvalue weighted by atomic mass is 35.5. The molecule has 0 aromatic heterocycles. The molecule has 0 heterocycles.